The highest BCUT2D eigenvalue weighted by atomic mass is 127. The Morgan fingerprint density at radius 2 is 2.17 bits per heavy atom. The molecule has 0 saturated carbocycles. The van der Waals surface area contributed by atoms with Crippen molar-refractivity contribution in [1.29, 1.82) is 0 Å². The van der Waals surface area contributed by atoms with E-state index in [0.29, 0.717) is 3.57 Å². The fourth-order valence-corrected chi connectivity index (χ4v) is 1.55. The Morgan fingerprint density at radius 1 is 1.58 bits per heavy atom. The number of nitrogens with zero attached hydrogens (tertiary/aromatic N) is 1. The monoisotopic (exact) mass is 278 g/mol. The van der Waals surface area contributed by atoms with Gasteiger partial charge in [-0.3, -0.25) is 10.1 Å². The second kappa shape index (κ2) is 3.26. The molecular formula is C7H7IN2O2. The standard InChI is InChI=1S/C7H7IN2O2/c1-4-2-3-5(9)7(6(4)8)10(11)12/h2-3H,9H2,1H3. The van der Waals surface area contributed by atoms with E-state index in [0.717, 1.165) is 5.56 Å². The highest BCUT2D eigenvalue weighted by Crippen LogP contribution is 2.29. The molecule has 0 aliphatic carbocycles. The zero-order valence-electron chi connectivity index (χ0n) is 6.37. The van der Waals surface area contributed by atoms with Crippen LogP contribution in [-0.4, -0.2) is 4.92 Å². The molecule has 0 heterocycles. The zero-order chi connectivity index (χ0) is 9.30. The topological polar surface area (TPSA) is 69.2 Å². The molecule has 2 N–H and O–H groups in total. The summed E-state index contributed by atoms with van der Waals surface area (Å²) in [4.78, 5) is 10.1. The molecule has 0 spiro atoms. The quantitative estimate of drug-likeness (QED) is 0.370. The molecule has 5 heteroatoms. The van der Waals surface area contributed by atoms with E-state index in [4.69, 9.17) is 5.73 Å². The van der Waals surface area contributed by atoms with Crippen molar-refractivity contribution in [2.24, 2.45) is 0 Å². The smallest absolute Gasteiger partial charge is 0.305 e. The van der Waals surface area contributed by atoms with Gasteiger partial charge in [0.25, 0.3) is 0 Å². The third-order valence-electron chi connectivity index (χ3n) is 1.52. The van der Waals surface area contributed by atoms with Crippen LogP contribution in [0, 0.1) is 20.6 Å². The summed E-state index contributed by atoms with van der Waals surface area (Å²) in [6.07, 6.45) is 0. The summed E-state index contributed by atoms with van der Waals surface area (Å²) in [5.74, 6) is 0. The fraction of sp³-hybridized carbons (Fsp3) is 0.143. The summed E-state index contributed by atoms with van der Waals surface area (Å²) in [6, 6.07) is 3.32. The maximum atomic E-state index is 10.5. The second-order valence-electron chi connectivity index (χ2n) is 2.39. The Kier molecular flexibility index (Phi) is 2.51. The summed E-state index contributed by atoms with van der Waals surface area (Å²) in [5.41, 5.74) is 6.54. The molecule has 0 saturated heterocycles. The van der Waals surface area contributed by atoms with Crippen molar-refractivity contribution in [2.45, 2.75) is 6.92 Å². The van der Waals surface area contributed by atoms with Gasteiger partial charge in [-0.15, -0.1) is 0 Å². The van der Waals surface area contributed by atoms with E-state index in [1.165, 1.54) is 0 Å². The third kappa shape index (κ3) is 1.50. The number of rotatable bonds is 1. The Hall–Kier alpha value is -0.850. The minimum Gasteiger partial charge on any atom is -0.393 e. The fourth-order valence-electron chi connectivity index (χ4n) is 0.866. The van der Waals surface area contributed by atoms with Crippen molar-refractivity contribution in [2.75, 3.05) is 5.73 Å². The average Bonchev–Trinajstić information content (AvgIpc) is 1.97. The molecule has 64 valence electrons. The molecule has 4 nitrogen and oxygen atoms in total. The number of nitrogens with two attached hydrogens (primary N) is 1. The molecule has 0 aromatic heterocycles. The van der Waals surface area contributed by atoms with Crippen LogP contribution >= 0.6 is 22.6 Å². The zero-order valence-corrected chi connectivity index (χ0v) is 8.53. The summed E-state index contributed by atoms with van der Waals surface area (Å²) in [6.45, 7) is 1.81. The van der Waals surface area contributed by atoms with E-state index in [9.17, 15) is 10.1 Å². The minimum absolute atomic E-state index is 0.00981. The predicted octanol–water partition coefficient (Wildman–Crippen LogP) is 2.09. The molecular weight excluding hydrogens is 271 g/mol. The SMILES string of the molecule is Cc1ccc(N)c([N+](=O)[O-])c1I. The van der Waals surface area contributed by atoms with Crippen LogP contribution in [-0.2, 0) is 0 Å². The van der Waals surface area contributed by atoms with Crippen molar-refractivity contribution in [3.63, 3.8) is 0 Å². The Morgan fingerprint density at radius 3 is 2.58 bits per heavy atom. The lowest BCUT2D eigenvalue weighted by molar-refractivity contribution is -0.384. The maximum Gasteiger partial charge on any atom is 0.305 e. The number of aryl methyl sites for hydroxylation is 1. The van der Waals surface area contributed by atoms with Crippen LogP contribution in [0.4, 0.5) is 11.4 Å². The molecule has 1 aromatic carbocycles. The number of anilines is 1. The molecule has 0 atom stereocenters. The average molecular weight is 278 g/mol. The van der Waals surface area contributed by atoms with Gasteiger partial charge in [-0.05, 0) is 41.1 Å². The van der Waals surface area contributed by atoms with Crippen molar-refractivity contribution in [1.82, 2.24) is 0 Å². The van der Waals surface area contributed by atoms with Gasteiger partial charge in [0.1, 0.15) is 5.69 Å². The number of halogens is 1. The first kappa shape index (κ1) is 9.24. The van der Waals surface area contributed by atoms with Gasteiger partial charge in [0.15, 0.2) is 0 Å². The normalized spacial score (nSPS) is 9.83. The van der Waals surface area contributed by atoms with Gasteiger partial charge in [0, 0.05) is 0 Å². The van der Waals surface area contributed by atoms with Crippen molar-refractivity contribution >= 4 is 34.0 Å². The second-order valence-corrected chi connectivity index (χ2v) is 3.47. The summed E-state index contributed by atoms with van der Waals surface area (Å²) in [7, 11) is 0. The summed E-state index contributed by atoms with van der Waals surface area (Å²) < 4.78 is 0.609. The summed E-state index contributed by atoms with van der Waals surface area (Å²) >= 11 is 1.92. The summed E-state index contributed by atoms with van der Waals surface area (Å²) in [5, 5.41) is 10.5. The van der Waals surface area contributed by atoms with Crippen LogP contribution in [0.5, 0.6) is 0 Å². The lowest BCUT2D eigenvalue weighted by atomic mass is 10.2. The number of nitro benzene ring substituents is 1. The number of benzene rings is 1. The molecule has 1 aromatic rings. The molecule has 0 unspecified atom stereocenters. The van der Waals surface area contributed by atoms with Gasteiger partial charge < -0.3 is 5.73 Å². The maximum absolute atomic E-state index is 10.5. The highest BCUT2D eigenvalue weighted by Gasteiger charge is 2.17. The first-order valence-corrected chi connectivity index (χ1v) is 4.31. The largest absolute Gasteiger partial charge is 0.393 e. The van der Waals surface area contributed by atoms with Crippen LogP contribution in [0.15, 0.2) is 12.1 Å². The van der Waals surface area contributed by atoms with E-state index in [-0.39, 0.29) is 11.4 Å². The van der Waals surface area contributed by atoms with Crippen molar-refractivity contribution < 1.29 is 4.92 Å². The minimum atomic E-state index is -0.454. The Balaban J connectivity index is 3.43. The first-order valence-electron chi connectivity index (χ1n) is 3.23. The van der Waals surface area contributed by atoms with E-state index in [2.05, 4.69) is 0 Å². The van der Waals surface area contributed by atoms with Crippen molar-refractivity contribution in [3.8, 4) is 0 Å². The van der Waals surface area contributed by atoms with Crippen LogP contribution < -0.4 is 5.73 Å². The van der Waals surface area contributed by atoms with Gasteiger partial charge in [0.05, 0.1) is 8.49 Å². The molecule has 1 rings (SSSR count). The van der Waals surface area contributed by atoms with Gasteiger partial charge in [-0.2, -0.15) is 0 Å². The van der Waals surface area contributed by atoms with E-state index >= 15 is 0 Å². The van der Waals surface area contributed by atoms with Crippen LogP contribution in [0.25, 0.3) is 0 Å². The van der Waals surface area contributed by atoms with Crippen molar-refractivity contribution in [3.05, 3.63) is 31.4 Å². The van der Waals surface area contributed by atoms with E-state index in [1.807, 2.05) is 29.5 Å². The van der Waals surface area contributed by atoms with E-state index in [1.54, 1.807) is 12.1 Å². The van der Waals surface area contributed by atoms with Gasteiger partial charge in [0.2, 0.25) is 0 Å². The molecule has 0 aliphatic heterocycles. The number of hydrogen-bond acceptors (Lipinski definition) is 3. The molecule has 0 bridgehead atoms. The molecule has 12 heavy (non-hydrogen) atoms. The number of nitro groups is 1. The van der Waals surface area contributed by atoms with Crippen LogP contribution in [0.3, 0.4) is 0 Å². The van der Waals surface area contributed by atoms with E-state index < -0.39 is 4.92 Å². The lowest BCUT2D eigenvalue weighted by Gasteiger charge is -2.01. The molecule has 0 radical (unpaired) electrons. The van der Waals surface area contributed by atoms with Gasteiger partial charge >= 0.3 is 5.69 Å². The predicted molar refractivity (Wildman–Crippen MR) is 55.0 cm³/mol. The van der Waals surface area contributed by atoms with Gasteiger partial charge in [-0.1, -0.05) is 6.07 Å². The number of nitrogen functional groups attached to an aromatic ring is 1. The number of hydrogen-bond donors (Lipinski definition) is 1. The highest BCUT2D eigenvalue weighted by molar-refractivity contribution is 14.1. The molecule has 0 aliphatic rings. The first-order chi connectivity index (χ1) is 5.54. The molecule has 0 fully saturated rings. The Labute approximate surface area is 83.1 Å². The third-order valence-corrected chi connectivity index (χ3v) is 2.88. The lowest BCUT2D eigenvalue weighted by Crippen LogP contribution is -1.99. The molecule has 0 amide bonds. The Bertz CT molecular complexity index is 338. The van der Waals surface area contributed by atoms with Gasteiger partial charge in [-0.25, -0.2) is 0 Å². The van der Waals surface area contributed by atoms with Crippen LogP contribution in [0.1, 0.15) is 5.56 Å². The van der Waals surface area contributed by atoms with Crippen LogP contribution in [0.2, 0.25) is 0 Å².